The molecule has 3 saturated heterocycles. The predicted molar refractivity (Wildman–Crippen MR) is 142 cm³/mol. The van der Waals surface area contributed by atoms with E-state index in [4.69, 9.17) is 4.74 Å². The molecule has 0 aliphatic carbocycles. The van der Waals surface area contributed by atoms with Crippen LogP contribution in [0.25, 0.3) is 0 Å². The number of anilines is 1. The van der Waals surface area contributed by atoms with E-state index in [9.17, 15) is 19.5 Å². The van der Waals surface area contributed by atoms with Gasteiger partial charge in [0.1, 0.15) is 11.8 Å². The number of carbonyl (C=O) groups excluding carboxylic acids is 3. The van der Waals surface area contributed by atoms with Crippen molar-refractivity contribution in [1.29, 1.82) is 0 Å². The van der Waals surface area contributed by atoms with Crippen LogP contribution >= 0.6 is 11.8 Å². The van der Waals surface area contributed by atoms with Crippen LogP contribution in [0, 0.1) is 11.8 Å². The number of rotatable bonds is 10. The summed E-state index contributed by atoms with van der Waals surface area (Å²) in [5.41, 5.74) is 1.63. The first-order chi connectivity index (χ1) is 18.0. The zero-order chi connectivity index (χ0) is 26.0. The van der Waals surface area contributed by atoms with Crippen molar-refractivity contribution in [2.24, 2.45) is 11.8 Å². The molecular formula is C28H33N3O5S. The molecule has 0 saturated carbocycles. The lowest BCUT2D eigenvalue weighted by molar-refractivity contribution is -0.139. The van der Waals surface area contributed by atoms with Crippen molar-refractivity contribution in [2.45, 2.75) is 48.8 Å². The van der Waals surface area contributed by atoms with Crippen molar-refractivity contribution in [3.05, 3.63) is 60.2 Å². The molecule has 2 aromatic rings. The van der Waals surface area contributed by atoms with E-state index in [0.29, 0.717) is 31.7 Å². The Morgan fingerprint density at radius 2 is 1.89 bits per heavy atom. The Labute approximate surface area is 221 Å². The summed E-state index contributed by atoms with van der Waals surface area (Å²) in [5.74, 6) is -0.890. The third-order valence-electron chi connectivity index (χ3n) is 7.65. The van der Waals surface area contributed by atoms with Crippen LogP contribution < -0.4 is 15.4 Å². The number of amides is 3. The van der Waals surface area contributed by atoms with E-state index in [2.05, 4.69) is 10.6 Å². The second kappa shape index (κ2) is 10.8. The highest BCUT2D eigenvalue weighted by molar-refractivity contribution is 8.02. The molecule has 3 aliphatic heterocycles. The largest absolute Gasteiger partial charge is 0.494 e. The van der Waals surface area contributed by atoms with Gasteiger partial charge in [0, 0.05) is 30.6 Å². The van der Waals surface area contributed by atoms with Gasteiger partial charge in [-0.1, -0.05) is 30.3 Å². The number of aliphatic hydroxyl groups excluding tert-OH is 1. The topological polar surface area (TPSA) is 108 Å². The first kappa shape index (κ1) is 25.6. The molecule has 2 bridgehead atoms. The van der Waals surface area contributed by atoms with Crippen LogP contribution in [-0.4, -0.2) is 63.5 Å². The second-order valence-corrected chi connectivity index (χ2v) is 11.4. The van der Waals surface area contributed by atoms with E-state index in [0.717, 1.165) is 17.7 Å². The zero-order valence-electron chi connectivity index (χ0n) is 20.9. The Kier molecular flexibility index (Phi) is 7.44. The predicted octanol–water partition coefficient (Wildman–Crippen LogP) is 2.81. The number of ether oxygens (including phenoxy) is 1. The molecule has 3 N–H and O–H groups in total. The lowest BCUT2D eigenvalue weighted by Crippen LogP contribution is -2.53. The number of nitrogens with zero attached hydrogens (tertiary/aromatic N) is 1. The highest BCUT2D eigenvalue weighted by atomic mass is 32.2. The molecule has 3 aliphatic rings. The molecule has 37 heavy (non-hydrogen) atoms. The number of likely N-dealkylation sites (tertiary alicyclic amines) is 1. The molecule has 3 fully saturated rings. The Bertz CT molecular complexity index is 1140. The van der Waals surface area contributed by atoms with Gasteiger partial charge in [0.25, 0.3) is 0 Å². The number of fused-ring (bicyclic) bond motifs is 1. The molecule has 0 aromatic heterocycles. The van der Waals surface area contributed by atoms with Gasteiger partial charge in [-0.25, -0.2) is 0 Å². The molecule has 1 spiro atoms. The quantitative estimate of drug-likeness (QED) is 0.442. The molecule has 5 rings (SSSR count). The highest BCUT2D eigenvalue weighted by Crippen LogP contribution is 2.66. The lowest BCUT2D eigenvalue weighted by Gasteiger charge is -2.34. The van der Waals surface area contributed by atoms with Gasteiger partial charge in [-0.05, 0) is 56.0 Å². The van der Waals surface area contributed by atoms with E-state index in [1.165, 1.54) is 0 Å². The molecule has 5 atom stereocenters. The monoisotopic (exact) mass is 523 g/mol. The van der Waals surface area contributed by atoms with E-state index in [-0.39, 0.29) is 36.1 Å². The Morgan fingerprint density at radius 3 is 2.59 bits per heavy atom. The fraction of sp³-hybridized carbons (Fsp3) is 0.464. The number of hydrogen-bond acceptors (Lipinski definition) is 6. The minimum Gasteiger partial charge on any atom is -0.494 e. The summed E-state index contributed by atoms with van der Waals surface area (Å²) in [6.07, 6.45) is 1.88. The summed E-state index contributed by atoms with van der Waals surface area (Å²) in [4.78, 5) is 42.6. The zero-order valence-corrected chi connectivity index (χ0v) is 21.7. The normalized spacial score (nSPS) is 27.7. The maximum atomic E-state index is 13.8. The van der Waals surface area contributed by atoms with Crippen LogP contribution in [0.5, 0.6) is 5.75 Å². The van der Waals surface area contributed by atoms with E-state index < -0.39 is 22.6 Å². The van der Waals surface area contributed by atoms with E-state index in [1.54, 1.807) is 40.9 Å². The van der Waals surface area contributed by atoms with E-state index in [1.807, 2.05) is 37.3 Å². The van der Waals surface area contributed by atoms with Gasteiger partial charge in [0.05, 0.1) is 23.2 Å². The SMILES string of the molecule is CCOc1ccc(NC(=O)[C@@H]2[C@H]3C(=O)N(CCCO)C(C(=O)NCc4ccccc4)C34CC[C@H]2S4)cc1. The van der Waals surface area contributed by atoms with Crippen molar-refractivity contribution in [1.82, 2.24) is 10.2 Å². The van der Waals surface area contributed by atoms with Crippen molar-refractivity contribution in [2.75, 3.05) is 25.1 Å². The molecule has 2 aromatic carbocycles. The van der Waals surface area contributed by atoms with Gasteiger partial charge in [0.2, 0.25) is 17.7 Å². The molecule has 3 heterocycles. The summed E-state index contributed by atoms with van der Waals surface area (Å²) in [7, 11) is 0. The smallest absolute Gasteiger partial charge is 0.244 e. The van der Waals surface area contributed by atoms with Crippen LogP contribution in [0.1, 0.15) is 31.7 Å². The van der Waals surface area contributed by atoms with Gasteiger partial charge >= 0.3 is 0 Å². The highest BCUT2D eigenvalue weighted by Gasteiger charge is 2.73. The minimum absolute atomic E-state index is 0.0129. The van der Waals surface area contributed by atoms with Crippen LogP contribution in [0.3, 0.4) is 0 Å². The van der Waals surface area contributed by atoms with Gasteiger partial charge in [-0.3, -0.25) is 14.4 Å². The molecule has 3 amide bonds. The summed E-state index contributed by atoms with van der Waals surface area (Å²) >= 11 is 1.64. The molecule has 9 heteroatoms. The average Bonchev–Trinajstić information content (AvgIpc) is 3.55. The third-order valence-corrected chi connectivity index (χ3v) is 9.60. The lowest BCUT2D eigenvalue weighted by atomic mass is 9.70. The maximum Gasteiger partial charge on any atom is 0.244 e. The first-order valence-corrected chi connectivity index (χ1v) is 13.8. The van der Waals surface area contributed by atoms with Crippen LogP contribution in [0.2, 0.25) is 0 Å². The molecule has 0 radical (unpaired) electrons. The number of thioether (sulfide) groups is 1. The minimum atomic E-state index is -0.668. The summed E-state index contributed by atoms with van der Waals surface area (Å²) in [6.45, 7) is 3.06. The van der Waals surface area contributed by atoms with Gasteiger partial charge in [-0.2, -0.15) is 0 Å². The number of nitrogens with one attached hydrogen (secondary N) is 2. The van der Waals surface area contributed by atoms with Crippen molar-refractivity contribution < 1.29 is 24.2 Å². The summed E-state index contributed by atoms with van der Waals surface area (Å²) < 4.78 is 4.84. The molecule has 2 unspecified atom stereocenters. The van der Waals surface area contributed by atoms with Crippen molar-refractivity contribution >= 4 is 35.2 Å². The first-order valence-electron chi connectivity index (χ1n) is 12.9. The molecular weight excluding hydrogens is 490 g/mol. The Balaban J connectivity index is 1.37. The molecule has 8 nitrogen and oxygen atoms in total. The number of hydrogen-bond donors (Lipinski definition) is 3. The van der Waals surface area contributed by atoms with Crippen LogP contribution in [0.15, 0.2) is 54.6 Å². The van der Waals surface area contributed by atoms with Crippen molar-refractivity contribution in [3.63, 3.8) is 0 Å². The van der Waals surface area contributed by atoms with Crippen LogP contribution in [-0.2, 0) is 20.9 Å². The summed E-state index contributed by atoms with van der Waals surface area (Å²) in [6, 6.07) is 16.2. The second-order valence-electron chi connectivity index (χ2n) is 9.81. The standard InChI is InChI=1S/C28H33N3O5S/c1-2-36-20-11-9-19(10-12-20)30-25(33)22-21-13-14-28(37-21)23(22)27(35)31(15-6-16-32)24(28)26(34)29-17-18-7-4-3-5-8-18/h3-5,7-12,21-24,32H,2,6,13-17H2,1H3,(H,29,34)(H,30,33)/t21-,22+,23+,24?,28?/m1/s1. The summed E-state index contributed by atoms with van der Waals surface area (Å²) in [5, 5.41) is 15.5. The fourth-order valence-corrected chi connectivity index (χ4v) is 8.36. The number of aliphatic hydroxyl groups is 1. The number of benzene rings is 2. The molecule has 196 valence electrons. The number of carbonyl (C=O) groups is 3. The maximum absolute atomic E-state index is 13.8. The third kappa shape index (κ3) is 4.70. The van der Waals surface area contributed by atoms with Crippen LogP contribution in [0.4, 0.5) is 5.69 Å². The Morgan fingerprint density at radius 1 is 1.14 bits per heavy atom. The fourth-order valence-electron chi connectivity index (χ4n) is 6.14. The van der Waals surface area contributed by atoms with Gasteiger partial charge in [0.15, 0.2) is 0 Å². The Hall–Kier alpha value is -3.04. The van der Waals surface area contributed by atoms with Gasteiger partial charge < -0.3 is 25.4 Å². The average molecular weight is 524 g/mol. The van der Waals surface area contributed by atoms with Crippen molar-refractivity contribution in [3.8, 4) is 5.75 Å². The van der Waals surface area contributed by atoms with Gasteiger partial charge in [-0.15, -0.1) is 11.8 Å². The van der Waals surface area contributed by atoms with E-state index >= 15 is 0 Å².